The van der Waals surface area contributed by atoms with Gasteiger partial charge >= 0.3 is 0 Å². The third-order valence-corrected chi connectivity index (χ3v) is 4.68. The van der Waals surface area contributed by atoms with Crippen LogP contribution in [0.2, 0.25) is 0 Å². The Labute approximate surface area is 152 Å². The summed E-state index contributed by atoms with van der Waals surface area (Å²) < 4.78 is 22.5. The number of unbranched alkanes of at least 4 members (excludes halogenated alkanes) is 6. The highest BCUT2D eigenvalue weighted by atomic mass is 32.2. The van der Waals surface area contributed by atoms with Gasteiger partial charge in [0.05, 0.1) is 4.91 Å². The maximum absolute atomic E-state index is 11.3. The van der Waals surface area contributed by atoms with Crippen LogP contribution >= 0.6 is 12.2 Å². The average Bonchev–Trinajstić information content (AvgIpc) is 2.49. The monoisotopic (exact) mass is 373 g/mol. The molecule has 0 radical (unpaired) electrons. The van der Waals surface area contributed by atoms with Gasteiger partial charge in [-0.25, -0.2) is 13.6 Å². The summed E-state index contributed by atoms with van der Waals surface area (Å²) in [5, 5.41) is 11.6. The van der Waals surface area contributed by atoms with E-state index in [4.69, 9.17) is 17.4 Å². The molecule has 5 nitrogen and oxygen atoms in total. The van der Waals surface area contributed by atoms with Crippen LogP contribution in [0.1, 0.15) is 58.8 Å². The Morgan fingerprint density at radius 1 is 1.12 bits per heavy atom. The summed E-state index contributed by atoms with van der Waals surface area (Å²) >= 11 is 5.17. The first-order chi connectivity index (χ1) is 11.3. The number of nitrogens with one attached hydrogen (secondary N) is 2. The lowest BCUT2D eigenvalue weighted by atomic mass is 10.1. The van der Waals surface area contributed by atoms with Crippen LogP contribution in [0.15, 0.2) is 35.4 Å². The predicted octanol–water partition coefficient (Wildman–Crippen LogP) is 3.46. The van der Waals surface area contributed by atoms with Crippen molar-refractivity contribution in [1.29, 1.82) is 0 Å². The van der Waals surface area contributed by atoms with Crippen LogP contribution < -0.4 is 15.8 Å². The molecule has 0 aromatic heterocycles. The first-order valence-corrected chi connectivity index (χ1v) is 10.4. The smallest absolute Gasteiger partial charge is 0.237 e. The van der Waals surface area contributed by atoms with Crippen LogP contribution in [0.4, 0.5) is 0 Å². The fourth-order valence-electron chi connectivity index (χ4n) is 2.05. The van der Waals surface area contributed by atoms with Gasteiger partial charge in [-0.2, -0.15) is 0 Å². The van der Waals surface area contributed by atoms with Gasteiger partial charge in [-0.05, 0) is 37.7 Å². The minimum Gasteiger partial charge on any atom is -0.362 e. The first kappa shape index (κ1) is 22.8. The minimum absolute atomic E-state index is 0.0346. The zero-order chi connectivity index (χ0) is 18.4. The summed E-state index contributed by atoms with van der Waals surface area (Å²) in [6.07, 6.45) is 13.1. The molecule has 0 amide bonds. The molecule has 24 heavy (non-hydrogen) atoms. The van der Waals surface area contributed by atoms with Crippen LogP contribution in [0.3, 0.4) is 0 Å². The van der Waals surface area contributed by atoms with E-state index in [1.165, 1.54) is 56.8 Å². The van der Waals surface area contributed by atoms with Crippen molar-refractivity contribution in [2.45, 2.75) is 58.8 Å². The summed E-state index contributed by atoms with van der Waals surface area (Å²) in [5.74, 6) is 0. The lowest BCUT2D eigenvalue weighted by molar-refractivity contribution is 0.585. The Bertz CT molecular complexity index is 552. The summed E-state index contributed by atoms with van der Waals surface area (Å²) in [6, 6.07) is 0. The Morgan fingerprint density at radius 3 is 2.25 bits per heavy atom. The highest BCUT2D eigenvalue weighted by Crippen LogP contribution is 2.06. The van der Waals surface area contributed by atoms with Gasteiger partial charge in [0.25, 0.3) is 0 Å². The number of primary sulfonamides is 1. The Kier molecular flexibility index (Phi) is 12.5. The number of rotatable bonds is 12. The second-order valence-electron chi connectivity index (χ2n) is 5.60. The van der Waals surface area contributed by atoms with Crippen molar-refractivity contribution >= 4 is 27.4 Å². The molecule has 0 aliphatic heterocycles. The molecular weight excluding hydrogens is 342 g/mol. The first-order valence-electron chi connectivity index (χ1n) is 8.42. The molecule has 0 aliphatic rings. The van der Waals surface area contributed by atoms with Gasteiger partial charge < -0.3 is 10.6 Å². The third kappa shape index (κ3) is 12.3. The summed E-state index contributed by atoms with van der Waals surface area (Å²) in [4.78, 5) is 0.0346. The van der Waals surface area contributed by atoms with Crippen LogP contribution in [0.5, 0.6) is 0 Å². The summed E-state index contributed by atoms with van der Waals surface area (Å²) in [5.41, 5.74) is 0.495. The van der Waals surface area contributed by atoms with Crippen LogP contribution in [0.25, 0.3) is 0 Å². The van der Waals surface area contributed by atoms with Crippen LogP contribution in [0, 0.1) is 0 Å². The number of hydrogen-bond donors (Lipinski definition) is 3. The molecule has 0 spiro atoms. The molecule has 0 rings (SSSR count). The van der Waals surface area contributed by atoms with E-state index in [1.54, 1.807) is 6.92 Å². The van der Waals surface area contributed by atoms with Gasteiger partial charge in [0.15, 0.2) is 5.11 Å². The topological polar surface area (TPSA) is 84.2 Å². The normalized spacial score (nSPS) is 12.4. The minimum atomic E-state index is -3.71. The van der Waals surface area contributed by atoms with E-state index in [9.17, 15) is 8.42 Å². The molecule has 0 heterocycles. The number of sulfonamides is 1. The Morgan fingerprint density at radius 2 is 1.71 bits per heavy atom. The number of thiocarbonyl (C=S) groups is 1. The van der Waals surface area contributed by atoms with Crippen molar-refractivity contribution in [3.05, 3.63) is 35.4 Å². The molecule has 0 saturated carbocycles. The maximum Gasteiger partial charge on any atom is 0.237 e. The Hall–Kier alpha value is -1.18. The quantitative estimate of drug-likeness (QED) is 0.277. The van der Waals surface area contributed by atoms with Crippen molar-refractivity contribution in [2.75, 3.05) is 6.54 Å². The molecular formula is C17H31N3O2S2. The Balaban J connectivity index is 3.94. The van der Waals surface area contributed by atoms with E-state index in [2.05, 4.69) is 24.1 Å². The van der Waals surface area contributed by atoms with E-state index in [-0.39, 0.29) is 4.91 Å². The van der Waals surface area contributed by atoms with Crippen molar-refractivity contribution in [1.82, 2.24) is 10.6 Å². The molecule has 0 atom stereocenters. The second kappa shape index (κ2) is 13.1. The molecule has 0 fully saturated rings. The molecule has 0 aromatic rings. The molecule has 7 heteroatoms. The SMILES string of the molecule is C=C(/C=C\C(=C/C)S(N)(=O)=O)NC(=S)NCCCCCCCCC. The number of allylic oxidation sites excluding steroid dienone is 3. The van der Waals surface area contributed by atoms with Gasteiger partial charge in [0.1, 0.15) is 0 Å². The standard InChI is InChI=1S/C17H31N3O2S2/c1-4-6-7-8-9-10-11-14-19-17(23)20-15(3)12-13-16(5-2)24(18,21)22/h5,12-13H,3-4,6-11,14H2,1-2H3,(H2,18,21,22)(H2,19,20,23)/b13-12-,16-5+. The number of nitrogens with two attached hydrogens (primary N) is 1. The zero-order valence-corrected chi connectivity index (χ0v) is 16.4. The van der Waals surface area contributed by atoms with Crippen LogP contribution in [-0.4, -0.2) is 20.1 Å². The van der Waals surface area contributed by atoms with Crippen molar-refractivity contribution in [3.8, 4) is 0 Å². The van der Waals surface area contributed by atoms with Gasteiger partial charge in [0.2, 0.25) is 10.0 Å². The largest absolute Gasteiger partial charge is 0.362 e. The van der Waals surface area contributed by atoms with Gasteiger partial charge in [0, 0.05) is 12.2 Å². The van der Waals surface area contributed by atoms with Crippen molar-refractivity contribution in [2.24, 2.45) is 5.14 Å². The molecule has 0 aromatic carbocycles. The lowest BCUT2D eigenvalue weighted by Gasteiger charge is -2.10. The highest BCUT2D eigenvalue weighted by molar-refractivity contribution is 7.93. The van der Waals surface area contributed by atoms with E-state index in [0.29, 0.717) is 10.8 Å². The predicted molar refractivity (Wildman–Crippen MR) is 107 cm³/mol. The zero-order valence-electron chi connectivity index (χ0n) is 14.8. The fourth-order valence-corrected chi connectivity index (χ4v) is 2.87. The highest BCUT2D eigenvalue weighted by Gasteiger charge is 2.06. The maximum atomic E-state index is 11.3. The van der Waals surface area contributed by atoms with Crippen molar-refractivity contribution in [3.63, 3.8) is 0 Å². The fraction of sp³-hybridized carbons (Fsp3) is 0.588. The molecule has 0 saturated heterocycles. The summed E-state index contributed by atoms with van der Waals surface area (Å²) in [6.45, 7) is 8.42. The summed E-state index contributed by atoms with van der Waals surface area (Å²) in [7, 11) is -3.71. The third-order valence-electron chi connectivity index (χ3n) is 3.40. The van der Waals surface area contributed by atoms with E-state index in [1.807, 2.05) is 0 Å². The lowest BCUT2D eigenvalue weighted by Crippen LogP contribution is -2.34. The molecule has 0 aliphatic carbocycles. The van der Waals surface area contributed by atoms with Gasteiger partial charge in [-0.1, -0.05) is 58.1 Å². The van der Waals surface area contributed by atoms with Crippen molar-refractivity contribution < 1.29 is 8.42 Å². The molecule has 4 N–H and O–H groups in total. The van der Waals surface area contributed by atoms with E-state index < -0.39 is 10.0 Å². The molecule has 0 bridgehead atoms. The molecule has 138 valence electrons. The van der Waals surface area contributed by atoms with Gasteiger partial charge in [-0.3, -0.25) is 0 Å². The average molecular weight is 374 g/mol. The van der Waals surface area contributed by atoms with E-state index >= 15 is 0 Å². The number of hydrogen-bond acceptors (Lipinski definition) is 3. The molecule has 0 unspecified atom stereocenters. The van der Waals surface area contributed by atoms with Crippen LogP contribution in [-0.2, 0) is 10.0 Å². The van der Waals surface area contributed by atoms with E-state index in [0.717, 1.165) is 13.0 Å². The second-order valence-corrected chi connectivity index (χ2v) is 7.57. The van der Waals surface area contributed by atoms with Gasteiger partial charge in [-0.15, -0.1) is 0 Å².